The van der Waals surface area contributed by atoms with E-state index in [-0.39, 0.29) is 24.4 Å². The van der Waals surface area contributed by atoms with Crippen molar-refractivity contribution < 1.29 is 50.6 Å². The van der Waals surface area contributed by atoms with Crippen LogP contribution in [-0.4, -0.2) is 131 Å². The lowest BCUT2D eigenvalue weighted by atomic mass is 9.91. The van der Waals surface area contributed by atoms with E-state index < -0.39 is 29.5 Å². The first-order valence-electron chi connectivity index (χ1n) is 20.0. The fourth-order valence-electron chi connectivity index (χ4n) is 6.21. The molecule has 0 saturated carbocycles. The van der Waals surface area contributed by atoms with E-state index in [1.807, 2.05) is 11.8 Å². The van der Waals surface area contributed by atoms with Gasteiger partial charge in [0, 0.05) is 89.9 Å². The van der Waals surface area contributed by atoms with Crippen molar-refractivity contribution in [3.8, 4) is 0 Å². The number of amides is 6. The minimum Gasteiger partial charge on any atom is -0.369 e. The highest BCUT2D eigenvalue weighted by atomic mass is 19.4. The molecular weight excluding hydrogens is 814 g/mol. The molecule has 3 aromatic rings. The normalized spacial score (nSPS) is 15.0. The third kappa shape index (κ3) is 13.7. The van der Waals surface area contributed by atoms with Crippen molar-refractivity contribution in [1.82, 2.24) is 40.6 Å². The number of piperazine rings is 2. The molecule has 0 atom stereocenters. The molecular formula is C40H52F6N10O5. The first-order valence-corrected chi connectivity index (χ1v) is 20.0. The van der Waals surface area contributed by atoms with Crippen molar-refractivity contribution in [3.63, 3.8) is 0 Å². The Balaban J connectivity index is 0.000000314. The number of benzene rings is 1. The first-order chi connectivity index (χ1) is 29.0. The van der Waals surface area contributed by atoms with Gasteiger partial charge in [-0.25, -0.2) is 19.6 Å². The molecule has 0 bridgehead atoms. The Kier molecular flexibility index (Phi) is 17.6. The van der Waals surface area contributed by atoms with Crippen molar-refractivity contribution in [3.05, 3.63) is 83.2 Å². The molecule has 61 heavy (non-hydrogen) atoms. The van der Waals surface area contributed by atoms with Gasteiger partial charge < -0.3 is 30.9 Å². The van der Waals surface area contributed by atoms with E-state index in [0.29, 0.717) is 92.8 Å². The summed E-state index contributed by atoms with van der Waals surface area (Å²) in [7, 11) is 0. The second-order valence-corrected chi connectivity index (χ2v) is 14.3. The summed E-state index contributed by atoms with van der Waals surface area (Å²) in [4.78, 5) is 62.1. The average molecular weight is 867 g/mol. The zero-order chi connectivity index (χ0) is 44.6. The van der Waals surface area contributed by atoms with Crippen LogP contribution in [0.25, 0.3) is 0 Å². The number of carbonyl (C=O) groups excluding carboxylic acids is 4. The van der Waals surface area contributed by atoms with Gasteiger partial charge in [0.2, 0.25) is 0 Å². The first kappa shape index (κ1) is 48.1. The predicted octanol–water partition coefficient (Wildman–Crippen LogP) is 5.32. The molecule has 0 aliphatic carbocycles. The maximum absolute atomic E-state index is 13.1. The molecule has 0 radical (unpaired) electrons. The number of halogens is 6. The highest BCUT2D eigenvalue weighted by molar-refractivity contribution is 5.95. The Labute approximate surface area is 349 Å². The molecule has 2 saturated heterocycles. The van der Waals surface area contributed by atoms with Gasteiger partial charge in [0.25, 0.3) is 17.4 Å². The van der Waals surface area contributed by atoms with Gasteiger partial charge in [0.15, 0.2) is 0 Å². The second-order valence-electron chi connectivity index (χ2n) is 14.3. The van der Waals surface area contributed by atoms with E-state index >= 15 is 0 Å². The molecule has 334 valence electrons. The summed E-state index contributed by atoms with van der Waals surface area (Å²) in [6.45, 7) is 10.1. The van der Waals surface area contributed by atoms with Gasteiger partial charge in [-0.05, 0) is 42.7 Å². The van der Waals surface area contributed by atoms with Crippen LogP contribution in [0.4, 0.5) is 47.6 Å². The summed E-state index contributed by atoms with van der Waals surface area (Å²) >= 11 is 0. The van der Waals surface area contributed by atoms with E-state index in [1.165, 1.54) is 18.5 Å². The van der Waals surface area contributed by atoms with E-state index in [4.69, 9.17) is 0 Å². The lowest BCUT2D eigenvalue weighted by Gasteiger charge is -2.35. The third-order valence-corrected chi connectivity index (χ3v) is 9.80. The predicted molar refractivity (Wildman–Crippen MR) is 215 cm³/mol. The quantitative estimate of drug-likeness (QED) is 0.0978. The zero-order valence-corrected chi connectivity index (χ0v) is 34.0. The number of hydrogen-bond donors (Lipinski definition) is 6. The Hall–Kier alpha value is -5.54. The molecule has 2 aliphatic rings. The zero-order valence-electron chi connectivity index (χ0n) is 34.0. The van der Waals surface area contributed by atoms with Crippen LogP contribution in [0.15, 0.2) is 60.9 Å². The number of anilines is 2. The smallest absolute Gasteiger partial charge is 0.369 e. The highest BCUT2D eigenvalue weighted by Crippen LogP contribution is 2.50. The van der Waals surface area contributed by atoms with E-state index in [1.54, 1.807) is 28.0 Å². The lowest BCUT2D eigenvalue weighted by molar-refractivity contribution is -0.376. The summed E-state index contributed by atoms with van der Waals surface area (Å²) in [6, 6.07) is 9.21. The fourth-order valence-corrected chi connectivity index (χ4v) is 6.21. The largest absolute Gasteiger partial charge is 0.430 e. The number of aliphatic hydroxyl groups is 1. The third-order valence-electron chi connectivity index (χ3n) is 9.80. The van der Waals surface area contributed by atoms with E-state index in [0.717, 1.165) is 50.9 Å². The van der Waals surface area contributed by atoms with Crippen molar-refractivity contribution in [2.24, 2.45) is 0 Å². The Morgan fingerprint density at radius 2 is 1.10 bits per heavy atom. The van der Waals surface area contributed by atoms with Crippen molar-refractivity contribution in [2.45, 2.75) is 64.0 Å². The van der Waals surface area contributed by atoms with Crippen molar-refractivity contribution in [1.29, 1.82) is 0 Å². The topological polar surface area (TPSA) is 184 Å². The van der Waals surface area contributed by atoms with Gasteiger partial charge in [-0.3, -0.25) is 25.1 Å². The number of aromatic nitrogens is 2. The minimum absolute atomic E-state index is 0.0204. The molecule has 2 aliphatic heterocycles. The van der Waals surface area contributed by atoms with Gasteiger partial charge in [-0.2, -0.15) is 26.3 Å². The van der Waals surface area contributed by atoms with Crippen LogP contribution in [0.3, 0.4) is 0 Å². The van der Waals surface area contributed by atoms with Gasteiger partial charge in [-0.15, -0.1) is 0 Å². The number of carbonyl (C=O) groups is 4. The Morgan fingerprint density at radius 3 is 1.49 bits per heavy atom. The molecule has 2 fully saturated rings. The number of unbranched alkanes of at least 4 members (excludes halogenated alkanes) is 2. The maximum Gasteiger partial charge on any atom is 0.430 e. The van der Waals surface area contributed by atoms with Crippen LogP contribution < -0.4 is 26.6 Å². The van der Waals surface area contributed by atoms with Crippen LogP contribution in [0.1, 0.15) is 71.4 Å². The molecule has 15 nitrogen and oxygen atoms in total. The van der Waals surface area contributed by atoms with E-state index in [2.05, 4.69) is 43.5 Å². The number of nitrogens with one attached hydrogen (secondary N) is 5. The number of pyridine rings is 2. The molecule has 0 unspecified atom stereocenters. The van der Waals surface area contributed by atoms with Crippen molar-refractivity contribution >= 4 is 35.5 Å². The molecule has 2 aromatic heterocycles. The van der Waals surface area contributed by atoms with Gasteiger partial charge >= 0.3 is 24.4 Å². The number of hydrogen-bond acceptors (Lipinski definition) is 9. The molecule has 6 amide bonds. The summed E-state index contributed by atoms with van der Waals surface area (Å²) in [6.07, 6.45) is -5.25. The van der Waals surface area contributed by atoms with Gasteiger partial charge in [0.05, 0.1) is 11.1 Å². The molecule has 0 spiro atoms. The Bertz CT molecular complexity index is 1860. The highest BCUT2D eigenvalue weighted by Gasteiger charge is 2.71. The number of urea groups is 2. The molecule has 21 heteroatoms. The molecule has 4 heterocycles. The van der Waals surface area contributed by atoms with Crippen LogP contribution in [0, 0.1) is 0 Å². The van der Waals surface area contributed by atoms with Crippen LogP contribution in [-0.2, 0) is 12.1 Å². The minimum atomic E-state index is -5.94. The van der Waals surface area contributed by atoms with Crippen molar-refractivity contribution in [2.75, 3.05) is 76.1 Å². The van der Waals surface area contributed by atoms with Crippen LogP contribution in [0.2, 0.25) is 0 Å². The number of nitrogens with zero attached hydrogens (tertiary/aromatic N) is 5. The number of alkyl halides is 6. The summed E-state index contributed by atoms with van der Waals surface area (Å²) in [5.41, 5.74) is -4.95. The maximum atomic E-state index is 13.1. The summed E-state index contributed by atoms with van der Waals surface area (Å²) < 4.78 is 78.4. The second kappa shape index (κ2) is 22.3. The average Bonchev–Trinajstić information content (AvgIpc) is 3.24. The number of rotatable bonds is 13. The lowest BCUT2D eigenvalue weighted by Crippen LogP contribution is -2.53. The van der Waals surface area contributed by atoms with Crippen LogP contribution >= 0.6 is 0 Å². The monoisotopic (exact) mass is 866 g/mol. The summed E-state index contributed by atoms with van der Waals surface area (Å²) in [5, 5.41) is 23.4. The standard InChI is InChI=1S/C25H29F6N5O3.C15H23N5O2/c1-2-3-10-32-22(38)34-20-9-6-18(15-33-20)21(37)36-13-11-35(12-14-36)16-17-4-7-19(8-5-17)23(39,24(26,27)28)25(29,30)31;1-2-3-6-17-15(22)19-13-5-4-12(11-18-13)14(21)20-9-7-16-8-10-20/h4-9,15,39H,2-3,10-14,16H2,1H3,(H2,32,33,34,38);4-5,11,16H,2-3,6-10H2,1H3,(H2,17,18,19,22). The fraction of sp³-hybridized carbons (Fsp3) is 0.500. The molecule has 6 N–H and O–H groups in total. The van der Waals surface area contributed by atoms with Gasteiger partial charge in [-0.1, -0.05) is 51.0 Å². The summed E-state index contributed by atoms with van der Waals surface area (Å²) in [5.74, 6) is 0.447. The Morgan fingerprint density at radius 1 is 0.656 bits per heavy atom. The molecule has 5 rings (SSSR count). The van der Waals surface area contributed by atoms with Gasteiger partial charge in [0.1, 0.15) is 11.6 Å². The van der Waals surface area contributed by atoms with E-state index in [9.17, 15) is 50.6 Å². The SMILES string of the molecule is CCCCNC(=O)Nc1ccc(C(=O)N2CCN(Cc3ccc(C(O)(C(F)(F)F)C(F)(F)F)cc3)CC2)cn1.CCCCNC(=O)Nc1ccc(C(=O)N2CCNCC2)cn1. The molecule has 1 aromatic carbocycles. The van der Waals surface area contributed by atoms with Crippen LogP contribution in [0.5, 0.6) is 0 Å².